The number of carbonyl (C=O) groups excluding carboxylic acids is 3. The van der Waals surface area contributed by atoms with E-state index in [0.29, 0.717) is 17.0 Å². The predicted molar refractivity (Wildman–Crippen MR) is 148 cm³/mol. The lowest BCUT2D eigenvalue weighted by Crippen LogP contribution is -2.22. The molecule has 2 aromatic carbocycles. The van der Waals surface area contributed by atoms with Gasteiger partial charge >= 0.3 is 17.9 Å². The van der Waals surface area contributed by atoms with Gasteiger partial charge in [0.2, 0.25) is 0 Å². The first-order valence-electron chi connectivity index (χ1n) is 11.8. The fraction of sp³-hybridized carbons (Fsp3) is 0.259. The second kappa shape index (κ2) is 13.5. The van der Waals surface area contributed by atoms with Gasteiger partial charge in [-0.3, -0.25) is 0 Å². The van der Waals surface area contributed by atoms with E-state index in [1.165, 1.54) is 29.5 Å². The number of hydrogen-bond acceptors (Lipinski definition) is 8. The van der Waals surface area contributed by atoms with Crippen molar-refractivity contribution in [3.8, 4) is 0 Å². The maximum Gasteiger partial charge on any atom is 0.341 e. The van der Waals surface area contributed by atoms with Crippen molar-refractivity contribution in [2.45, 2.75) is 27.2 Å². The summed E-state index contributed by atoms with van der Waals surface area (Å²) in [5.41, 5.74) is 2.16. The summed E-state index contributed by atoms with van der Waals surface area (Å²) in [4.78, 5) is 38.3. The second-order valence-electron chi connectivity index (χ2n) is 7.62. The molecule has 37 heavy (non-hydrogen) atoms. The van der Waals surface area contributed by atoms with Gasteiger partial charge in [-0.2, -0.15) is 0 Å². The second-order valence-corrected chi connectivity index (χ2v) is 9.16. The molecule has 0 radical (unpaired) electrons. The molecular weight excluding hydrogens is 512 g/mol. The molecule has 0 aliphatic heterocycles. The fourth-order valence-electron chi connectivity index (χ4n) is 3.41. The van der Waals surface area contributed by atoms with E-state index in [9.17, 15) is 14.4 Å². The summed E-state index contributed by atoms with van der Waals surface area (Å²) in [7, 11) is 0. The van der Waals surface area contributed by atoms with E-state index in [1.807, 2.05) is 30.3 Å². The van der Waals surface area contributed by atoms with Crippen molar-refractivity contribution in [3.05, 3.63) is 81.7 Å². The zero-order valence-electron chi connectivity index (χ0n) is 20.8. The first-order chi connectivity index (χ1) is 17.9. The number of benzene rings is 2. The van der Waals surface area contributed by atoms with E-state index >= 15 is 0 Å². The van der Waals surface area contributed by atoms with Crippen molar-refractivity contribution < 1.29 is 28.6 Å². The zero-order valence-corrected chi connectivity index (χ0v) is 22.4. The molecule has 10 heteroatoms. The molecule has 0 amide bonds. The molecule has 8 nitrogen and oxygen atoms in total. The smallest absolute Gasteiger partial charge is 0.341 e. The van der Waals surface area contributed by atoms with E-state index in [0.717, 1.165) is 10.4 Å². The Hall–Kier alpha value is -3.76. The van der Waals surface area contributed by atoms with E-state index in [4.69, 9.17) is 26.4 Å². The summed E-state index contributed by atoms with van der Waals surface area (Å²) in [6, 6.07) is 16.1. The first kappa shape index (κ1) is 27.8. The van der Waals surface area contributed by atoms with E-state index < -0.39 is 17.9 Å². The molecule has 1 heterocycles. The number of rotatable bonds is 10. The lowest BCUT2D eigenvalue weighted by molar-refractivity contribution is 0.0512. The minimum atomic E-state index is -0.573. The Kier molecular flexibility index (Phi) is 10.2. The van der Waals surface area contributed by atoms with Gasteiger partial charge in [0.05, 0.1) is 42.2 Å². The van der Waals surface area contributed by atoms with Crippen molar-refractivity contribution >= 4 is 57.3 Å². The number of nitrogens with one attached hydrogen (secondary N) is 2. The molecular formula is C27H28N2O6S2. The largest absolute Gasteiger partial charge is 0.462 e. The Morgan fingerprint density at radius 2 is 1.41 bits per heavy atom. The number of hydrogen-bond donors (Lipinski definition) is 2. The Balaban J connectivity index is 1.88. The van der Waals surface area contributed by atoms with Crippen LogP contribution in [0.5, 0.6) is 0 Å². The third-order valence-corrected chi connectivity index (χ3v) is 6.26. The highest BCUT2D eigenvalue weighted by molar-refractivity contribution is 7.80. The van der Waals surface area contributed by atoms with Gasteiger partial charge in [-0.25, -0.2) is 14.4 Å². The number of thiophene rings is 1. The standard InChI is InChI=1S/C27H28N2O6S2/c1-4-33-24(30)18-12-13-20(25(31)34-5-2)22(15-18)28-27(36)29-23-21(26(32)35-6-3)16-19(37-23)14-17-10-8-7-9-11-17/h7-13,15-16H,4-6,14H2,1-3H3,(H2,28,29,36). The number of esters is 3. The summed E-state index contributed by atoms with van der Waals surface area (Å²) in [5, 5.41) is 6.62. The molecule has 0 saturated heterocycles. The molecule has 0 unspecified atom stereocenters. The van der Waals surface area contributed by atoms with Crippen LogP contribution in [0.4, 0.5) is 10.7 Å². The Morgan fingerprint density at radius 3 is 2.05 bits per heavy atom. The lowest BCUT2D eigenvalue weighted by atomic mass is 10.1. The molecule has 0 saturated carbocycles. The van der Waals surface area contributed by atoms with Crippen LogP contribution in [0.25, 0.3) is 0 Å². The minimum absolute atomic E-state index is 0.116. The van der Waals surface area contributed by atoms with Gasteiger partial charge in [0.1, 0.15) is 5.00 Å². The minimum Gasteiger partial charge on any atom is -0.462 e. The van der Waals surface area contributed by atoms with Gasteiger partial charge in [0.15, 0.2) is 5.11 Å². The maximum absolute atomic E-state index is 12.6. The quantitative estimate of drug-likeness (QED) is 0.191. The van der Waals surface area contributed by atoms with Crippen molar-refractivity contribution in [1.29, 1.82) is 0 Å². The zero-order chi connectivity index (χ0) is 26.8. The van der Waals surface area contributed by atoms with Gasteiger partial charge in [0.25, 0.3) is 0 Å². The molecule has 0 bridgehead atoms. The Labute approximate surface area is 224 Å². The van der Waals surface area contributed by atoms with Crippen molar-refractivity contribution in [2.24, 2.45) is 0 Å². The molecule has 0 spiro atoms. The number of thiocarbonyl (C=S) groups is 1. The van der Waals surface area contributed by atoms with Crippen LogP contribution in [-0.2, 0) is 20.6 Å². The predicted octanol–water partition coefficient (Wildman–Crippen LogP) is 5.68. The normalized spacial score (nSPS) is 10.4. The molecule has 3 rings (SSSR count). The lowest BCUT2D eigenvalue weighted by Gasteiger charge is -2.15. The summed E-state index contributed by atoms with van der Waals surface area (Å²) >= 11 is 6.88. The van der Waals surface area contributed by atoms with Crippen LogP contribution in [0.15, 0.2) is 54.6 Å². The monoisotopic (exact) mass is 540 g/mol. The van der Waals surface area contributed by atoms with Crippen molar-refractivity contribution in [2.75, 3.05) is 30.5 Å². The maximum atomic E-state index is 12.6. The van der Waals surface area contributed by atoms with Crippen LogP contribution in [0.1, 0.15) is 62.3 Å². The molecule has 0 fully saturated rings. The van der Waals surface area contributed by atoms with Gasteiger partial charge in [0, 0.05) is 11.3 Å². The Bertz CT molecular complexity index is 1270. The average molecular weight is 541 g/mol. The molecule has 3 aromatic rings. The molecule has 0 aliphatic rings. The molecule has 2 N–H and O–H groups in total. The van der Waals surface area contributed by atoms with Gasteiger partial charge < -0.3 is 24.8 Å². The van der Waals surface area contributed by atoms with Crippen LogP contribution >= 0.6 is 23.6 Å². The number of ether oxygens (including phenoxy) is 3. The van der Waals surface area contributed by atoms with Crippen LogP contribution in [0, 0.1) is 0 Å². The summed E-state index contributed by atoms with van der Waals surface area (Å²) in [5.74, 6) is -1.58. The highest BCUT2D eigenvalue weighted by Crippen LogP contribution is 2.31. The van der Waals surface area contributed by atoms with E-state index in [2.05, 4.69) is 10.6 Å². The number of anilines is 2. The van der Waals surface area contributed by atoms with Gasteiger partial charge in [-0.15, -0.1) is 11.3 Å². The van der Waals surface area contributed by atoms with Crippen LogP contribution in [0.2, 0.25) is 0 Å². The fourth-order valence-corrected chi connectivity index (χ4v) is 4.77. The molecule has 1 aromatic heterocycles. The molecule has 0 atom stereocenters. The molecule has 194 valence electrons. The SMILES string of the molecule is CCOC(=O)c1ccc(C(=O)OCC)c(NC(=S)Nc2sc(Cc3ccccc3)cc2C(=O)OCC)c1. The van der Waals surface area contributed by atoms with Crippen LogP contribution < -0.4 is 10.6 Å². The number of carbonyl (C=O) groups is 3. The summed E-state index contributed by atoms with van der Waals surface area (Å²) < 4.78 is 15.4. The summed E-state index contributed by atoms with van der Waals surface area (Å²) in [6.45, 7) is 5.77. The Morgan fingerprint density at radius 1 is 0.784 bits per heavy atom. The summed E-state index contributed by atoms with van der Waals surface area (Å²) in [6.07, 6.45) is 0.633. The first-order valence-corrected chi connectivity index (χ1v) is 13.0. The van der Waals surface area contributed by atoms with E-state index in [1.54, 1.807) is 26.8 Å². The topological polar surface area (TPSA) is 103 Å². The van der Waals surface area contributed by atoms with Crippen LogP contribution in [0.3, 0.4) is 0 Å². The van der Waals surface area contributed by atoms with Gasteiger partial charge in [-0.1, -0.05) is 30.3 Å². The highest BCUT2D eigenvalue weighted by Gasteiger charge is 2.21. The average Bonchev–Trinajstić information content (AvgIpc) is 3.26. The third-order valence-electron chi connectivity index (χ3n) is 5.00. The van der Waals surface area contributed by atoms with Gasteiger partial charge in [-0.05, 0) is 62.8 Å². The van der Waals surface area contributed by atoms with E-state index in [-0.39, 0.29) is 41.7 Å². The van der Waals surface area contributed by atoms with Crippen molar-refractivity contribution in [3.63, 3.8) is 0 Å². The highest BCUT2D eigenvalue weighted by atomic mass is 32.1. The van der Waals surface area contributed by atoms with Crippen molar-refractivity contribution in [1.82, 2.24) is 0 Å². The molecule has 0 aliphatic carbocycles. The van der Waals surface area contributed by atoms with Crippen LogP contribution in [-0.4, -0.2) is 42.8 Å². The third kappa shape index (κ3) is 7.61.